The summed E-state index contributed by atoms with van der Waals surface area (Å²) in [6.45, 7) is 5.77. The minimum atomic E-state index is -0.352. The lowest BCUT2D eigenvalue weighted by molar-refractivity contribution is 0.0950. The van der Waals surface area contributed by atoms with E-state index in [1.54, 1.807) is 6.07 Å². The van der Waals surface area contributed by atoms with Gasteiger partial charge in [0.1, 0.15) is 5.69 Å². The molecule has 30 heavy (non-hydrogen) atoms. The Kier molecular flexibility index (Phi) is 5.26. The fourth-order valence-electron chi connectivity index (χ4n) is 3.34. The highest BCUT2D eigenvalue weighted by Crippen LogP contribution is 2.27. The predicted molar refractivity (Wildman–Crippen MR) is 117 cm³/mol. The average Bonchev–Trinajstić information content (AvgIpc) is 3.37. The second kappa shape index (κ2) is 8.16. The fraction of sp³-hybridized carbons (Fsp3) is 0.130. The van der Waals surface area contributed by atoms with Gasteiger partial charge in [-0.05, 0) is 44.5 Å². The molecule has 0 bridgehead atoms. The highest BCUT2D eigenvalue weighted by Gasteiger charge is 2.19. The fourth-order valence-corrected chi connectivity index (χ4v) is 3.34. The number of aromatic nitrogens is 4. The van der Waals surface area contributed by atoms with E-state index in [0.717, 1.165) is 33.9 Å². The monoisotopic (exact) mass is 398 g/mol. The maximum absolute atomic E-state index is 12.5. The second-order valence-electron chi connectivity index (χ2n) is 6.96. The van der Waals surface area contributed by atoms with Crippen molar-refractivity contribution in [1.82, 2.24) is 25.4 Å². The molecule has 0 spiro atoms. The van der Waals surface area contributed by atoms with Crippen molar-refractivity contribution >= 4 is 11.6 Å². The number of para-hydroxylation sites is 1. The van der Waals surface area contributed by atoms with Crippen molar-refractivity contribution in [1.29, 1.82) is 0 Å². The molecule has 0 fully saturated rings. The molecule has 0 atom stereocenters. The number of H-pyrrole nitrogens is 1. The quantitative estimate of drug-likeness (QED) is 0.393. The van der Waals surface area contributed by atoms with Crippen molar-refractivity contribution in [2.45, 2.75) is 20.8 Å². The van der Waals surface area contributed by atoms with Gasteiger partial charge in [0.2, 0.25) is 0 Å². The first-order valence-electron chi connectivity index (χ1n) is 9.62. The van der Waals surface area contributed by atoms with E-state index < -0.39 is 0 Å². The number of hydrazone groups is 1. The summed E-state index contributed by atoms with van der Waals surface area (Å²) in [5, 5.41) is 16.0. The van der Waals surface area contributed by atoms with Gasteiger partial charge in [-0.15, -0.1) is 0 Å². The molecule has 150 valence electrons. The minimum Gasteiger partial charge on any atom is -0.272 e. The van der Waals surface area contributed by atoms with Gasteiger partial charge in [-0.3, -0.25) is 9.89 Å². The minimum absolute atomic E-state index is 0.334. The highest BCUT2D eigenvalue weighted by molar-refractivity contribution is 6.00. The van der Waals surface area contributed by atoms with Crippen molar-refractivity contribution in [2.75, 3.05) is 0 Å². The van der Waals surface area contributed by atoms with Crippen LogP contribution in [-0.4, -0.2) is 31.6 Å². The molecule has 4 aromatic rings. The zero-order valence-electron chi connectivity index (χ0n) is 17.0. The molecule has 1 amide bonds. The van der Waals surface area contributed by atoms with Gasteiger partial charge in [0.05, 0.1) is 28.5 Å². The van der Waals surface area contributed by atoms with Crippen LogP contribution in [0.2, 0.25) is 0 Å². The number of nitrogens with zero attached hydrogens (tertiary/aromatic N) is 4. The first-order chi connectivity index (χ1) is 14.5. The maximum atomic E-state index is 12.5. The molecular formula is C23H22N6O. The molecule has 0 unspecified atom stereocenters. The van der Waals surface area contributed by atoms with Crippen LogP contribution in [-0.2, 0) is 0 Å². The number of amides is 1. The molecule has 2 aromatic heterocycles. The number of nitrogens with one attached hydrogen (secondary N) is 2. The lowest BCUT2D eigenvalue weighted by Crippen LogP contribution is -2.19. The molecule has 7 nitrogen and oxygen atoms in total. The van der Waals surface area contributed by atoms with E-state index in [9.17, 15) is 4.79 Å². The van der Waals surface area contributed by atoms with Crippen molar-refractivity contribution in [3.8, 4) is 16.9 Å². The average molecular weight is 398 g/mol. The maximum Gasteiger partial charge on any atom is 0.289 e. The molecule has 2 N–H and O–H groups in total. The smallest absolute Gasteiger partial charge is 0.272 e. The van der Waals surface area contributed by atoms with Crippen LogP contribution in [0.3, 0.4) is 0 Å². The van der Waals surface area contributed by atoms with Crippen LogP contribution < -0.4 is 5.43 Å². The standard InChI is InChI=1S/C23H22N6O/c1-15(18-10-6-4-7-11-18)24-27-23(30)21-14-20(25-26-21)22-16(2)28-29(17(22)3)19-12-8-5-9-13-19/h4-14H,1-3H3,(H,25,26)(H,27,30). The van der Waals surface area contributed by atoms with E-state index in [-0.39, 0.29) is 5.91 Å². The van der Waals surface area contributed by atoms with Crippen molar-refractivity contribution < 1.29 is 4.79 Å². The Bertz CT molecular complexity index is 1210. The van der Waals surface area contributed by atoms with Gasteiger partial charge >= 0.3 is 0 Å². The summed E-state index contributed by atoms with van der Waals surface area (Å²) in [5.41, 5.74) is 8.92. The van der Waals surface area contributed by atoms with E-state index in [1.165, 1.54) is 0 Å². The van der Waals surface area contributed by atoms with Crippen molar-refractivity contribution in [2.24, 2.45) is 5.10 Å². The molecule has 0 aliphatic carbocycles. The number of hydrogen-bond acceptors (Lipinski definition) is 4. The van der Waals surface area contributed by atoms with Gasteiger partial charge in [-0.2, -0.15) is 15.3 Å². The summed E-state index contributed by atoms with van der Waals surface area (Å²) in [6.07, 6.45) is 0. The molecular weight excluding hydrogens is 376 g/mol. The molecule has 0 aliphatic rings. The SMILES string of the molecule is CC(=NNC(=O)c1cc(-c2c(C)nn(-c3ccccc3)c2C)n[nH]1)c1ccccc1. The number of benzene rings is 2. The molecule has 0 saturated heterocycles. The van der Waals surface area contributed by atoms with Gasteiger partial charge in [0.15, 0.2) is 0 Å². The molecule has 0 aliphatic heterocycles. The molecule has 7 heteroatoms. The summed E-state index contributed by atoms with van der Waals surface area (Å²) in [5.74, 6) is -0.352. The molecule has 4 rings (SSSR count). The normalized spacial score (nSPS) is 11.5. The summed E-state index contributed by atoms with van der Waals surface area (Å²) in [4.78, 5) is 12.5. The largest absolute Gasteiger partial charge is 0.289 e. The number of aryl methyl sites for hydroxylation is 1. The second-order valence-corrected chi connectivity index (χ2v) is 6.96. The third kappa shape index (κ3) is 3.77. The van der Waals surface area contributed by atoms with Gasteiger partial charge in [-0.25, -0.2) is 10.1 Å². The number of carbonyl (C=O) groups excluding carboxylic acids is 1. The first-order valence-corrected chi connectivity index (χ1v) is 9.62. The summed E-state index contributed by atoms with van der Waals surface area (Å²) >= 11 is 0. The lowest BCUT2D eigenvalue weighted by atomic mass is 10.1. The van der Waals surface area contributed by atoms with Gasteiger partial charge in [0, 0.05) is 5.56 Å². The van der Waals surface area contributed by atoms with E-state index in [1.807, 2.05) is 86.1 Å². The van der Waals surface area contributed by atoms with Crippen LogP contribution in [0.5, 0.6) is 0 Å². The van der Waals surface area contributed by atoms with Crippen LogP contribution in [0.15, 0.2) is 71.8 Å². The summed E-state index contributed by atoms with van der Waals surface area (Å²) in [7, 11) is 0. The Morgan fingerprint density at radius 1 is 1.03 bits per heavy atom. The Labute approximate surface area is 174 Å². The van der Waals surface area contributed by atoms with Crippen LogP contribution >= 0.6 is 0 Å². The van der Waals surface area contributed by atoms with Gasteiger partial charge < -0.3 is 0 Å². The highest BCUT2D eigenvalue weighted by atomic mass is 16.2. The number of carbonyl (C=O) groups is 1. The molecule has 0 radical (unpaired) electrons. The van der Waals surface area contributed by atoms with E-state index >= 15 is 0 Å². The molecule has 0 saturated carbocycles. The Morgan fingerprint density at radius 3 is 2.40 bits per heavy atom. The van der Waals surface area contributed by atoms with Crippen LogP contribution in [0.25, 0.3) is 16.9 Å². The van der Waals surface area contributed by atoms with Crippen LogP contribution in [0.4, 0.5) is 0 Å². The number of rotatable bonds is 5. The third-order valence-electron chi connectivity index (χ3n) is 4.89. The summed E-state index contributed by atoms with van der Waals surface area (Å²) in [6, 6.07) is 21.3. The van der Waals surface area contributed by atoms with Crippen molar-refractivity contribution in [3.63, 3.8) is 0 Å². The first kappa shape index (κ1) is 19.3. The van der Waals surface area contributed by atoms with E-state index in [0.29, 0.717) is 11.4 Å². The Morgan fingerprint density at radius 2 is 1.70 bits per heavy atom. The number of hydrogen-bond donors (Lipinski definition) is 2. The zero-order chi connectivity index (χ0) is 21.1. The van der Waals surface area contributed by atoms with Crippen LogP contribution in [0, 0.1) is 13.8 Å². The van der Waals surface area contributed by atoms with E-state index in [4.69, 9.17) is 0 Å². The molecule has 2 heterocycles. The number of aromatic amines is 1. The topological polar surface area (TPSA) is 88.0 Å². The van der Waals surface area contributed by atoms with Crippen LogP contribution in [0.1, 0.15) is 34.4 Å². The summed E-state index contributed by atoms with van der Waals surface area (Å²) < 4.78 is 1.88. The lowest BCUT2D eigenvalue weighted by Gasteiger charge is -2.04. The third-order valence-corrected chi connectivity index (χ3v) is 4.89. The Hall–Kier alpha value is -4.00. The van der Waals surface area contributed by atoms with Crippen molar-refractivity contribution in [3.05, 3.63) is 89.4 Å². The zero-order valence-corrected chi connectivity index (χ0v) is 17.0. The Balaban J connectivity index is 1.56. The molecule has 2 aromatic carbocycles. The predicted octanol–water partition coefficient (Wildman–Crippen LogP) is 4.03. The van der Waals surface area contributed by atoms with E-state index in [2.05, 4.69) is 25.8 Å². The van der Waals surface area contributed by atoms with Gasteiger partial charge in [-0.1, -0.05) is 48.5 Å². The van der Waals surface area contributed by atoms with Gasteiger partial charge in [0.25, 0.3) is 5.91 Å².